The average molecular weight is 294 g/mol. The number of terminal acetylenes is 1. The Kier molecular flexibility index (Phi) is 2.78. The second-order valence-corrected chi connectivity index (χ2v) is 7.46. The number of phenolic OH excluding ortho intramolecular Hbond substituents is 1. The lowest BCUT2D eigenvalue weighted by Gasteiger charge is -2.50. The summed E-state index contributed by atoms with van der Waals surface area (Å²) in [6.07, 6.45) is 13.8. The molecule has 0 bridgehead atoms. The molecule has 0 heterocycles. The number of benzene rings is 1. The van der Waals surface area contributed by atoms with Crippen molar-refractivity contribution in [3.8, 4) is 18.1 Å². The van der Waals surface area contributed by atoms with Gasteiger partial charge < -0.3 is 10.2 Å². The molecule has 0 spiro atoms. The maximum atomic E-state index is 10.9. The van der Waals surface area contributed by atoms with E-state index >= 15 is 0 Å². The van der Waals surface area contributed by atoms with Gasteiger partial charge in [-0.05, 0) is 66.7 Å². The summed E-state index contributed by atoms with van der Waals surface area (Å²) < 4.78 is 0. The molecule has 22 heavy (non-hydrogen) atoms. The summed E-state index contributed by atoms with van der Waals surface area (Å²) in [6.45, 7) is 2.18. The van der Waals surface area contributed by atoms with Crippen LogP contribution in [0.15, 0.2) is 24.3 Å². The van der Waals surface area contributed by atoms with E-state index in [9.17, 15) is 10.2 Å². The first kappa shape index (κ1) is 13.9. The Labute approximate surface area is 131 Å². The van der Waals surface area contributed by atoms with Gasteiger partial charge in [-0.15, -0.1) is 6.42 Å². The smallest absolute Gasteiger partial charge is 0.130 e. The van der Waals surface area contributed by atoms with Gasteiger partial charge in [0.1, 0.15) is 11.4 Å². The fraction of sp³-hybridized carbons (Fsp3) is 0.500. The first-order valence-corrected chi connectivity index (χ1v) is 8.20. The van der Waals surface area contributed by atoms with Crippen molar-refractivity contribution < 1.29 is 10.2 Å². The molecule has 2 fully saturated rings. The molecule has 2 N–H and O–H groups in total. The van der Waals surface area contributed by atoms with Crippen LogP contribution in [0, 0.1) is 29.6 Å². The largest absolute Gasteiger partial charge is 0.508 e. The third kappa shape index (κ3) is 1.61. The molecule has 2 nitrogen and oxygen atoms in total. The summed E-state index contributed by atoms with van der Waals surface area (Å²) >= 11 is 0. The van der Waals surface area contributed by atoms with Crippen molar-refractivity contribution in [1.82, 2.24) is 0 Å². The van der Waals surface area contributed by atoms with Crippen molar-refractivity contribution in [2.24, 2.45) is 17.3 Å². The minimum absolute atomic E-state index is 0.179. The van der Waals surface area contributed by atoms with Crippen LogP contribution in [0.5, 0.6) is 5.75 Å². The quantitative estimate of drug-likeness (QED) is 0.716. The van der Waals surface area contributed by atoms with Gasteiger partial charge in [-0.25, -0.2) is 0 Å². The Balaban J connectivity index is 1.76. The fourth-order valence-electron chi connectivity index (χ4n) is 5.34. The Hall–Kier alpha value is -1.72. The maximum Gasteiger partial charge on any atom is 0.130 e. The van der Waals surface area contributed by atoms with Gasteiger partial charge in [0.2, 0.25) is 0 Å². The van der Waals surface area contributed by atoms with Crippen molar-refractivity contribution >= 4 is 6.08 Å². The van der Waals surface area contributed by atoms with Crippen LogP contribution in [0.4, 0.5) is 0 Å². The van der Waals surface area contributed by atoms with Crippen molar-refractivity contribution in [3.63, 3.8) is 0 Å². The van der Waals surface area contributed by atoms with Gasteiger partial charge in [0, 0.05) is 5.41 Å². The summed E-state index contributed by atoms with van der Waals surface area (Å²) in [5.74, 6) is 4.39. The van der Waals surface area contributed by atoms with E-state index in [0.717, 1.165) is 24.8 Å². The molecule has 2 heteroatoms. The standard InChI is InChI=1S/C20H22O2/c1-3-20(22)11-9-18-17-6-4-13-12-14(21)5-7-15(13)16(17)8-10-19(18,20)2/h1,4-7,12,16-18,21-22H,8-11H2,2H3/t16-,17-,18+,19+,20+/m1/s1. The lowest BCUT2D eigenvalue weighted by Crippen LogP contribution is -2.49. The molecular weight excluding hydrogens is 272 g/mol. The molecule has 0 aliphatic heterocycles. The lowest BCUT2D eigenvalue weighted by atomic mass is 9.54. The third-order valence-electron chi connectivity index (χ3n) is 6.69. The van der Waals surface area contributed by atoms with Crippen LogP contribution in [0.3, 0.4) is 0 Å². The average Bonchev–Trinajstić information content (AvgIpc) is 2.79. The van der Waals surface area contributed by atoms with Crippen molar-refractivity contribution in [2.45, 2.75) is 44.1 Å². The third-order valence-corrected chi connectivity index (χ3v) is 6.69. The topological polar surface area (TPSA) is 40.5 Å². The Morgan fingerprint density at radius 2 is 2.09 bits per heavy atom. The molecular formula is C20H22O2. The Morgan fingerprint density at radius 3 is 2.86 bits per heavy atom. The monoisotopic (exact) mass is 294 g/mol. The van der Waals surface area contributed by atoms with E-state index in [1.807, 2.05) is 6.07 Å². The van der Waals surface area contributed by atoms with Gasteiger partial charge in [-0.1, -0.05) is 31.1 Å². The zero-order valence-corrected chi connectivity index (χ0v) is 12.9. The number of fused-ring (bicyclic) bond motifs is 5. The molecule has 0 saturated heterocycles. The predicted molar refractivity (Wildman–Crippen MR) is 87.2 cm³/mol. The van der Waals surface area contributed by atoms with Gasteiger partial charge in [0.25, 0.3) is 0 Å². The normalized spacial score (nSPS) is 42.1. The van der Waals surface area contributed by atoms with E-state index in [1.165, 1.54) is 5.56 Å². The molecule has 3 aliphatic carbocycles. The molecule has 1 aromatic rings. The van der Waals surface area contributed by atoms with Crippen LogP contribution in [-0.2, 0) is 0 Å². The molecule has 114 valence electrons. The number of hydrogen-bond donors (Lipinski definition) is 2. The summed E-state index contributed by atoms with van der Waals surface area (Å²) in [5.41, 5.74) is 1.34. The summed E-state index contributed by atoms with van der Waals surface area (Å²) in [5, 5.41) is 20.6. The van der Waals surface area contributed by atoms with E-state index in [-0.39, 0.29) is 5.41 Å². The SMILES string of the molecule is C#C[C@]1(O)CC[C@H]2[C@@H]3C=Cc4cc(O)ccc4[C@H]3CC[C@@]21C. The second-order valence-electron chi connectivity index (χ2n) is 7.46. The first-order chi connectivity index (χ1) is 10.5. The molecule has 5 atom stereocenters. The van der Waals surface area contributed by atoms with Gasteiger partial charge in [0.05, 0.1) is 0 Å². The number of allylic oxidation sites excluding steroid dienone is 1. The van der Waals surface area contributed by atoms with Crippen LogP contribution in [-0.4, -0.2) is 15.8 Å². The van der Waals surface area contributed by atoms with Crippen LogP contribution in [0.25, 0.3) is 6.08 Å². The summed E-state index contributed by atoms with van der Waals surface area (Å²) in [4.78, 5) is 0. The maximum absolute atomic E-state index is 10.9. The number of hydrogen-bond acceptors (Lipinski definition) is 2. The van der Waals surface area contributed by atoms with E-state index in [2.05, 4.69) is 31.1 Å². The Bertz CT molecular complexity index is 698. The highest BCUT2D eigenvalue weighted by molar-refractivity contribution is 5.61. The Morgan fingerprint density at radius 1 is 1.27 bits per heavy atom. The molecule has 4 rings (SSSR count). The number of rotatable bonds is 0. The van der Waals surface area contributed by atoms with Gasteiger partial charge >= 0.3 is 0 Å². The number of aromatic hydroxyl groups is 1. The second kappa shape index (κ2) is 4.40. The molecule has 0 radical (unpaired) electrons. The zero-order chi connectivity index (χ0) is 15.5. The van der Waals surface area contributed by atoms with Crippen molar-refractivity contribution in [3.05, 3.63) is 35.4 Å². The highest BCUT2D eigenvalue weighted by Crippen LogP contribution is 2.63. The minimum atomic E-state index is -0.953. The van der Waals surface area contributed by atoms with Crippen molar-refractivity contribution in [2.75, 3.05) is 0 Å². The van der Waals surface area contributed by atoms with Crippen molar-refractivity contribution in [1.29, 1.82) is 0 Å². The molecule has 2 saturated carbocycles. The van der Waals surface area contributed by atoms with E-state index in [0.29, 0.717) is 29.9 Å². The van der Waals surface area contributed by atoms with Crippen LogP contribution < -0.4 is 0 Å². The predicted octanol–water partition coefficient (Wildman–Crippen LogP) is 3.69. The lowest BCUT2D eigenvalue weighted by molar-refractivity contribution is -0.0547. The van der Waals surface area contributed by atoms with E-state index in [1.54, 1.807) is 6.07 Å². The fourth-order valence-corrected chi connectivity index (χ4v) is 5.34. The van der Waals surface area contributed by atoms with Crippen LogP contribution in [0.1, 0.15) is 49.7 Å². The highest BCUT2D eigenvalue weighted by Gasteiger charge is 2.60. The summed E-state index contributed by atoms with van der Waals surface area (Å²) in [6, 6.07) is 5.70. The van der Waals surface area contributed by atoms with E-state index in [4.69, 9.17) is 6.42 Å². The molecule has 0 unspecified atom stereocenters. The number of phenols is 1. The highest BCUT2D eigenvalue weighted by atomic mass is 16.3. The van der Waals surface area contributed by atoms with E-state index < -0.39 is 5.60 Å². The molecule has 1 aromatic carbocycles. The van der Waals surface area contributed by atoms with Gasteiger partial charge in [-0.3, -0.25) is 0 Å². The van der Waals surface area contributed by atoms with Gasteiger partial charge in [0.15, 0.2) is 0 Å². The van der Waals surface area contributed by atoms with Crippen LogP contribution in [0.2, 0.25) is 0 Å². The minimum Gasteiger partial charge on any atom is -0.508 e. The van der Waals surface area contributed by atoms with Gasteiger partial charge in [-0.2, -0.15) is 0 Å². The van der Waals surface area contributed by atoms with Crippen LogP contribution >= 0.6 is 0 Å². The summed E-state index contributed by atoms with van der Waals surface area (Å²) in [7, 11) is 0. The number of aliphatic hydroxyl groups is 1. The molecule has 0 aromatic heterocycles. The zero-order valence-electron chi connectivity index (χ0n) is 12.9. The molecule has 3 aliphatic rings. The molecule has 0 amide bonds. The first-order valence-electron chi connectivity index (χ1n) is 8.20.